The third-order valence-electron chi connectivity index (χ3n) is 10.9. The number of nitriles is 2. The number of benzene rings is 5. The highest BCUT2D eigenvalue weighted by Gasteiger charge is 2.28. The number of fused-ring (bicyclic) bond motifs is 1. The topological polar surface area (TPSA) is 435 Å². The lowest BCUT2D eigenvalue weighted by molar-refractivity contribution is -0.123. The Kier molecular flexibility index (Phi) is 16.3. The van der Waals surface area contributed by atoms with Crippen molar-refractivity contribution >= 4 is 152 Å². The molecule has 26 nitrogen and oxygen atoms in total. The first-order chi connectivity index (χ1) is 36.5. The van der Waals surface area contributed by atoms with Crippen LogP contribution in [0, 0.1) is 35.0 Å². The van der Waals surface area contributed by atoms with E-state index < -0.39 is 96.9 Å². The van der Waals surface area contributed by atoms with Gasteiger partial charge in [0.25, 0.3) is 50.6 Å². The number of rotatable bonds is 15. The van der Waals surface area contributed by atoms with Crippen LogP contribution in [0.15, 0.2) is 130 Å². The molecular formula is C45H34Cl2N10O16S6. The summed E-state index contributed by atoms with van der Waals surface area (Å²) in [6, 6.07) is 18.8. The molecule has 2 aromatic heterocycles. The molecule has 410 valence electrons. The maximum atomic E-state index is 12.8. The lowest BCUT2D eigenvalue weighted by Gasteiger charge is -2.17. The molecule has 7 rings (SSSR count). The van der Waals surface area contributed by atoms with E-state index in [-0.39, 0.29) is 82.5 Å². The van der Waals surface area contributed by atoms with E-state index >= 15 is 0 Å². The van der Waals surface area contributed by atoms with Crippen molar-refractivity contribution < 1.29 is 69.6 Å². The van der Waals surface area contributed by atoms with Crippen molar-refractivity contribution in [3.8, 4) is 23.3 Å². The number of amides is 1. The van der Waals surface area contributed by atoms with Crippen LogP contribution in [0.3, 0.4) is 0 Å². The maximum absolute atomic E-state index is 12.8. The largest absolute Gasteiger partial charge is 0.339 e. The molecule has 0 atom stereocenters. The summed E-state index contributed by atoms with van der Waals surface area (Å²) in [6.07, 6.45) is 0. The van der Waals surface area contributed by atoms with Crippen LogP contribution in [0.5, 0.6) is 0 Å². The van der Waals surface area contributed by atoms with Crippen molar-refractivity contribution in [2.45, 2.75) is 52.2 Å². The third kappa shape index (κ3) is 13.2. The summed E-state index contributed by atoms with van der Waals surface area (Å²) >= 11 is 12.7. The number of azo groups is 2. The van der Waals surface area contributed by atoms with E-state index in [1.807, 2.05) is 12.1 Å². The van der Waals surface area contributed by atoms with Crippen LogP contribution in [-0.4, -0.2) is 75.7 Å². The summed E-state index contributed by atoms with van der Waals surface area (Å²) in [7, 11) is -25.9. The Morgan fingerprint density at radius 2 is 1.06 bits per heavy atom. The predicted molar refractivity (Wildman–Crippen MR) is 287 cm³/mol. The van der Waals surface area contributed by atoms with Gasteiger partial charge in [0.2, 0.25) is 5.91 Å². The standard InChI is InChI=1S/C45H34Cl2N10O16S6/c1-21-30(19-48)40(50-24-9-11-32(46)36(14-24)78(68,69)70)53-41(51-25-10-12-33(47)37(15-25)79(71,72)73)39(21)55-56-42-31(20-49)38(22-5-7-23(8-6-22)52-44(58)45(2,3)4)43(74-42)57-54-26-13-28-29(34(16-26)76(62,63)64)17-27(75(59,60)61)18-35(28)77(65,66)67/h5-18H,1-4H3,(H,52,58)(H2,50,51,53)(H,59,60,61)(H,62,63,64)(H,65,66,67)(H,68,69,70)(H,71,72,73)/b56-55?,57-54+. The molecule has 0 fully saturated rings. The van der Waals surface area contributed by atoms with Crippen LogP contribution < -0.4 is 16.0 Å². The normalized spacial score (nSPS) is 12.7. The van der Waals surface area contributed by atoms with Crippen molar-refractivity contribution in [3.05, 3.63) is 112 Å². The molecule has 2 heterocycles. The zero-order valence-corrected chi connectivity index (χ0v) is 46.6. The number of hydrogen-bond acceptors (Lipinski definition) is 21. The number of nitrogens with one attached hydrogen (secondary N) is 3. The lowest BCUT2D eigenvalue weighted by Crippen LogP contribution is -2.27. The Bertz CT molecular complexity index is 4500. The van der Waals surface area contributed by atoms with Crippen molar-refractivity contribution in [2.75, 3.05) is 16.0 Å². The van der Waals surface area contributed by atoms with Crippen molar-refractivity contribution in [1.82, 2.24) is 4.98 Å². The lowest BCUT2D eigenvalue weighted by atomic mass is 9.95. The summed E-state index contributed by atoms with van der Waals surface area (Å²) in [5.41, 5.74) is -1.90. The number of halogens is 2. The quantitative estimate of drug-likeness (QED) is 0.0349. The number of aromatic nitrogens is 1. The molecule has 0 spiro atoms. The highest BCUT2D eigenvalue weighted by atomic mass is 35.5. The average Bonchev–Trinajstić information content (AvgIpc) is 3.78. The van der Waals surface area contributed by atoms with Gasteiger partial charge in [-0.15, -0.1) is 20.5 Å². The van der Waals surface area contributed by atoms with Crippen LogP contribution in [0.25, 0.3) is 21.9 Å². The minimum absolute atomic E-state index is 0.0267. The number of thiophene rings is 1. The zero-order valence-electron chi connectivity index (χ0n) is 40.1. The Balaban J connectivity index is 1.46. The summed E-state index contributed by atoms with van der Waals surface area (Å²) in [5, 5.41) is 43.8. The Morgan fingerprint density at radius 3 is 1.56 bits per heavy atom. The SMILES string of the molecule is Cc1c(C#N)c(Nc2ccc(Cl)c(S(=O)(=O)O)c2)nc(Nc2ccc(Cl)c(S(=O)(=O)O)c2)c1N=Nc1sc(/N=N/c2cc(S(=O)(=O)O)c3cc(S(=O)(=O)O)cc(S(=O)(=O)O)c3c2)c(-c2ccc(NC(=O)C(C)(C)C)cc2)c1C#N. The van der Waals surface area contributed by atoms with Gasteiger partial charge < -0.3 is 16.0 Å². The molecule has 7 aromatic rings. The molecular weight excluding hydrogens is 1200 g/mol. The van der Waals surface area contributed by atoms with E-state index in [1.54, 1.807) is 20.8 Å². The molecule has 8 N–H and O–H groups in total. The van der Waals surface area contributed by atoms with E-state index in [0.717, 1.165) is 30.3 Å². The molecule has 1 amide bonds. The molecule has 0 aliphatic rings. The van der Waals surface area contributed by atoms with Gasteiger partial charge in [-0.2, -0.15) is 52.6 Å². The summed E-state index contributed by atoms with van der Waals surface area (Å²) in [4.78, 5) is 12.3. The molecule has 0 bridgehead atoms. The molecule has 79 heavy (non-hydrogen) atoms. The van der Waals surface area contributed by atoms with E-state index in [1.165, 1.54) is 43.3 Å². The Hall–Kier alpha value is -7.41. The molecule has 0 saturated carbocycles. The van der Waals surface area contributed by atoms with Crippen LogP contribution in [-0.2, 0) is 55.4 Å². The minimum atomic E-state index is -5.43. The van der Waals surface area contributed by atoms with Gasteiger partial charge >= 0.3 is 0 Å². The molecule has 0 aliphatic heterocycles. The average molecular weight is 1230 g/mol. The molecule has 5 aromatic carbocycles. The van der Waals surface area contributed by atoms with E-state index in [4.69, 9.17) is 23.2 Å². The van der Waals surface area contributed by atoms with E-state index in [9.17, 15) is 80.2 Å². The van der Waals surface area contributed by atoms with Crippen LogP contribution in [0.2, 0.25) is 10.0 Å². The smallest absolute Gasteiger partial charge is 0.296 e. The van der Waals surface area contributed by atoms with Gasteiger partial charge in [-0.25, -0.2) is 4.98 Å². The molecule has 34 heteroatoms. The van der Waals surface area contributed by atoms with Crippen molar-refractivity contribution in [3.63, 3.8) is 0 Å². The molecule has 0 radical (unpaired) electrons. The first-order valence-electron chi connectivity index (χ1n) is 21.4. The summed E-state index contributed by atoms with van der Waals surface area (Å²) in [6.45, 7) is 6.40. The maximum Gasteiger partial charge on any atom is 0.296 e. The number of carbonyl (C=O) groups excluding carboxylic acids is 1. The monoisotopic (exact) mass is 1230 g/mol. The Morgan fingerprint density at radius 1 is 0.582 bits per heavy atom. The first-order valence-corrected chi connectivity index (χ1v) is 30.2. The van der Waals surface area contributed by atoms with Gasteiger partial charge in [-0.1, -0.05) is 67.4 Å². The zero-order chi connectivity index (χ0) is 58.5. The summed E-state index contributed by atoms with van der Waals surface area (Å²) in [5.74, 6) is -0.967. The second-order valence-corrected chi connectivity index (χ2v) is 26.2. The number of pyridine rings is 1. The van der Waals surface area contributed by atoms with Gasteiger partial charge in [0.1, 0.15) is 48.0 Å². The third-order valence-corrected chi connectivity index (χ3v) is 17.1. The van der Waals surface area contributed by atoms with Crippen molar-refractivity contribution in [2.24, 2.45) is 25.9 Å². The fraction of sp³-hybridized carbons (Fsp3) is 0.111. The number of anilines is 5. The van der Waals surface area contributed by atoms with Crippen molar-refractivity contribution in [1.29, 1.82) is 10.5 Å². The van der Waals surface area contributed by atoms with Gasteiger partial charge in [0, 0.05) is 44.4 Å². The van der Waals surface area contributed by atoms with E-state index in [2.05, 4.69) is 41.4 Å². The Labute approximate surface area is 462 Å². The highest BCUT2D eigenvalue weighted by molar-refractivity contribution is 7.87. The second-order valence-electron chi connectivity index (χ2n) is 17.4. The fourth-order valence-electron chi connectivity index (χ4n) is 7.11. The van der Waals surface area contributed by atoms with Crippen LogP contribution >= 0.6 is 34.5 Å². The highest BCUT2D eigenvalue weighted by Crippen LogP contribution is 2.49. The number of hydrogen-bond donors (Lipinski definition) is 8. The second kappa shape index (κ2) is 21.7. The van der Waals surface area contributed by atoms with E-state index in [0.29, 0.717) is 35.2 Å². The van der Waals surface area contributed by atoms with Gasteiger partial charge in [0.05, 0.1) is 26.2 Å². The summed E-state index contributed by atoms with van der Waals surface area (Å²) < 4.78 is 173. The molecule has 0 unspecified atom stereocenters. The number of carbonyl (C=O) groups is 1. The van der Waals surface area contributed by atoms with Gasteiger partial charge in [0.15, 0.2) is 16.6 Å². The fourth-order valence-corrected chi connectivity index (χ4v) is 12.1. The molecule has 0 saturated heterocycles. The predicted octanol–water partition coefficient (Wildman–Crippen LogP) is 10.9. The number of nitrogens with zero attached hydrogens (tertiary/aromatic N) is 7. The van der Waals surface area contributed by atoms with Crippen LogP contribution in [0.4, 0.5) is 50.1 Å². The van der Waals surface area contributed by atoms with Gasteiger partial charge in [-0.3, -0.25) is 27.6 Å². The first kappa shape index (κ1) is 59.3. The van der Waals surface area contributed by atoms with Gasteiger partial charge in [-0.05, 0) is 85.3 Å². The minimum Gasteiger partial charge on any atom is -0.339 e. The molecule has 0 aliphatic carbocycles. The van der Waals surface area contributed by atoms with Crippen LogP contribution in [0.1, 0.15) is 37.5 Å².